The Morgan fingerprint density at radius 2 is 1.83 bits per heavy atom. The molecule has 4 nitrogen and oxygen atoms in total. The summed E-state index contributed by atoms with van der Waals surface area (Å²) in [4.78, 5) is 11.2. The van der Waals surface area contributed by atoms with E-state index in [1.54, 1.807) is 7.11 Å². The van der Waals surface area contributed by atoms with Crippen molar-refractivity contribution in [2.45, 2.75) is 33.0 Å². The molecule has 0 saturated carbocycles. The molecule has 0 bridgehead atoms. The van der Waals surface area contributed by atoms with E-state index >= 15 is 0 Å². The molecular weight excluding hydrogens is 302 g/mol. The lowest BCUT2D eigenvalue weighted by molar-refractivity contribution is 0.0392. The highest BCUT2D eigenvalue weighted by molar-refractivity contribution is 5.68. The van der Waals surface area contributed by atoms with Gasteiger partial charge >= 0.3 is 6.09 Å². The fourth-order valence-electron chi connectivity index (χ4n) is 3.50. The van der Waals surface area contributed by atoms with Crippen molar-refractivity contribution in [2.75, 3.05) is 7.11 Å². The molecule has 4 heteroatoms. The minimum absolute atomic E-state index is 0.154. The summed E-state index contributed by atoms with van der Waals surface area (Å²) in [6, 6.07) is 14.7. The molecule has 2 N–H and O–H groups in total. The van der Waals surface area contributed by atoms with Crippen molar-refractivity contribution in [3.8, 4) is 11.1 Å². The van der Waals surface area contributed by atoms with E-state index in [0.29, 0.717) is 6.61 Å². The molecule has 0 radical (unpaired) electrons. The largest absolute Gasteiger partial charge is 0.441 e. The zero-order valence-corrected chi connectivity index (χ0v) is 14.3. The van der Waals surface area contributed by atoms with E-state index in [1.807, 2.05) is 0 Å². The molecule has 0 fully saturated rings. The lowest BCUT2D eigenvalue weighted by atomic mass is 9.87. The maximum Gasteiger partial charge on any atom is 0.405 e. The third-order valence-electron chi connectivity index (χ3n) is 4.61. The van der Waals surface area contributed by atoms with E-state index in [9.17, 15) is 4.79 Å². The minimum atomic E-state index is -0.723. The molecular formula is C20H23NO3. The fourth-order valence-corrected chi connectivity index (χ4v) is 3.50. The number of carbonyl (C=O) groups is 1. The van der Waals surface area contributed by atoms with Crippen LogP contribution in [0.1, 0.15) is 36.6 Å². The Bertz CT molecular complexity index is 750. The number of hydrogen-bond acceptors (Lipinski definition) is 3. The second-order valence-electron chi connectivity index (χ2n) is 7.03. The summed E-state index contributed by atoms with van der Waals surface area (Å²) in [6.45, 7) is 4.81. The number of fused-ring (bicyclic) bond motifs is 1. The molecule has 126 valence electrons. The van der Waals surface area contributed by atoms with Gasteiger partial charge in [-0.3, -0.25) is 0 Å². The Hall–Kier alpha value is -2.33. The van der Waals surface area contributed by atoms with Crippen LogP contribution in [-0.4, -0.2) is 13.2 Å². The average molecular weight is 325 g/mol. The third kappa shape index (κ3) is 3.15. The number of nitrogens with two attached hydrogens (primary N) is 1. The number of carbonyl (C=O) groups excluding carboxylic acids is 1. The third-order valence-corrected chi connectivity index (χ3v) is 4.61. The van der Waals surface area contributed by atoms with E-state index in [0.717, 1.165) is 28.7 Å². The van der Waals surface area contributed by atoms with Gasteiger partial charge in [0.25, 0.3) is 0 Å². The topological polar surface area (TPSA) is 61.6 Å². The van der Waals surface area contributed by atoms with Crippen LogP contribution in [0.15, 0.2) is 42.5 Å². The van der Waals surface area contributed by atoms with Crippen LogP contribution in [0.3, 0.4) is 0 Å². The van der Waals surface area contributed by atoms with Crippen LogP contribution in [0, 0.1) is 5.41 Å². The summed E-state index contributed by atoms with van der Waals surface area (Å²) in [6.07, 6.45) is -0.155. The normalized spacial score (nSPS) is 18.2. The summed E-state index contributed by atoms with van der Waals surface area (Å²) in [5.74, 6) is 0. The van der Waals surface area contributed by atoms with E-state index in [2.05, 4.69) is 56.3 Å². The molecule has 0 spiro atoms. The molecule has 3 rings (SSSR count). The van der Waals surface area contributed by atoms with Crippen molar-refractivity contribution in [3.63, 3.8) is 0 Å². The van der Waals surface area contributed by atoms with Crippen LogP contribution in [0.25, 0.3) is 11.1 Å². The van der Waals surface area contributed by atoms with Gasteiger partial charge in [0.1, 0.15) is 6.10 Å². The second kappa shape index (κ2) is 6.29. The van der Waals surface area contributed by atoms with Gasteiger partial charge in [-0.25, -0.2) is 4.79 Å². The van der Waals surface area contributed by atoms with E-state index in [-0.39, 0.29) is 11.5 Å². The van der Waals surface area contributed by atoms with Gasteiger partial charge in [-0.05, 0) is 34.2 Å². The lowest BCUT2D eigenvalue weighted by Crippen LogP contribution is -2.25. The molecule has 1 aliphatic rings. The van der Waals surface area contributed by atoms with Crippen LogP contribution >= 0.6 is 0 Å². The molecule has 1 amide bonds. The summed E-state index contributed by atoms with van der Waals surface area (Å²) < 4.78 is 10.5. The Morgan fingerprint density at radius 1 is 1.17 bits per heavy atom. The summed E-state index contributed by atoms with van der Waals surface area (Å²) in [7, 11) is 1.70. The van der Waals surface area contributed by atoms with Crippen LogP contribution in [0.5, 0.6) is 0 Å². The fraction of sp³-hybridized carbons (Fsp3) is 0.350. The zero-order chi connectivity index (χ0) is 17.3. The van der Waals surface area contributed by atoms with Gasteiger partial charge in [0.2, 0.25) is 0 Å². The highest BCUT2D eigenvalue weighted by atomic mass is 16.6. The van der Waals surface area contributed by atoms with Gasteiger partial charge in [-0.2, -0.15) is 0 Å². The molecule has 24 heavy (non-hydrogen) atoms. The molecule has 0 heterocycles. The average Bonchev–Trinajstić information content (AvgIpc) is 2.77. The molecule has 2 aromatic carbocycles. The molecule has 1 aliphatic carbocycles. The van der Waals surface area contributed by atoms with E-state index < -0.39 is 6.09 Å². The Labute approximate surface area is 142 Å². The van der Waals surface area contributed by atoms with Crippen LogP contribution in [-0.2, 0) is 22.5 Å². The first-order chi connectivity index (χ1) is 11.4. The van der Waals surface area contributed by atoms with Crippen molar-refractivity contribution >= 4 is 6.09 Å². The first-order valence-corrected chi connectivity index (χ1v) is 8.08. The van der Waals surface area contributed by atoms with E-state index in [1.165, 1.54) is 5.56 Å². The van der Waals surface area contributed by atoms with Gasteiger partial charge in [0, 0.05) is 12.5 Å². The highest BCUT2D eigenvalue weighted by Gasteiger charge is 2.41. The van der Waals surface area contributed by atoms with Crippen LogP contribution < -0.4 is 5.73 Å². The predicted molar refractivity (Wildman–Crippen MR) is 93.5 cm³/mol. The van der Waals surface area contributed by atoms with Crippen LogP contribution in [0.4, 0.5) is 4.79 Å². The summed E-state index contributed by atoms with van der Waals surface area (Å²) in [5, 5.41) is 0. The maximum absolute atomic E-state index is 11.2. The van der Waals surface area contributed by atoms with Gasteiger partial charge in [0.15, 0.2) is 0 Å². The summed E-state index contributed by atoms with van der Waals surface area (Å²) >= 11 is 0. The number of amides is 1. The van der Waals surface area contributed by atoms with Gasteiger partial charge < -0.3 is 15.2 Å². The molecule has 0 saturated heterocycles. The SMILES string of the molecule is COCc1ccc(-c2ccc3c(c2)CC(C)(C)C3OC(N)=O)cc1. The van der Waals surface area contributed by atoms with Crippen molar-refractivity contribution in [1.82, 2.24) is 0 Å². The Balaban J connectivity index is 1.91. The number of primary amides is 1. The van der Waals surface area contributed by atoms with Crippen molar-refractivity contribution in [1.29, 1.82) is 0 Å². The van der Waals surface area contributed by atoms with Crippen molar-refractivity contribution in [2.24, 2.45) is 11.1 Å². The van der Waals surface area contributed by atoms with Crippen molar-refractivity contribution in [3.05, 3.63) is 59.2 Å². The van der Waals surface area contributed by atoms with Crippen molar-refractivity contribution < 1.29 is 14.3 Å². The minimum Gasteiger partial charge on any atom is -0.441 e. The van der Waals surface area contributed by atoms with Gasteiger partial charge in [-0.1, -0.05) is 56.3 Å². The lowest BCUT2D eigenvalue weighted by Gasteiger charge is -2.26. The first kappa shape index (κ1) is 16.5. The van der Waals surface area contributed by atoms with Crippen LogP contribution in [0.2, 0.25) is 0 Å². The quantitative estimate of drug-likeness (QED) is 0.915. The van der Waals surface area contributed by atoms with Gasteiger partial charge in [-0.15, -0.1) is 0 Å². The molecule has 1 unspecified atom stereocenters. The Morgan fingerprint density at radius 3 is 2.46 bits per heavy atom. The smallest absolute Gasteiger partial charge is 0.405 e. The number of methoxy groups -OCH3 is 1. The molecule has 0 aromatic heterocycles. The second-order valence-corrected chi connectivity index (χ2v) is 7.03. The molecule has 1 atom stereocenters. The number of benzene rings is 2. The molecule has 2 aromatic rings. The standard InChI is InChI=1S/C20H23NO3/c1-20(2)11-16-10-15(8-9-17(16)18(20)24-19(21)22)14-6-4-13(5-7-14)12-23-3/h4-10,18H,11-12H2,1-3H3,(H2,21,22). The Kier molecular flexibility index (Phi) is 4.33. The van der Waals surface area contributed by atoms with E-state index in [4.69, 9.17) is 15.2 Å². The molecule has 0 aliphatic heterocycles. The predicted octanol–water partition coefficient (Wildman–Crippen LogP) is 4.22. The summed E-state index contributed by atoms with van der Waals surface area (Å²) in [5.41, 5.74) is 10.8. The maximum atomic E-state index is 11.2. The number of hydrogen-bond donors (Lipinski definition) is 1. The zero-order valence-electron chi connectivity index (χ0n) is 14.3. The van der Waals surface area contributed by atoms with Gasteiger partial charge in [0.05, 0.1) is 6.61 Å². The number of ether oxygens (including phenoxy) is 2. The highest BCUT2D eigenvalue weighted by Crippen LogP contribution is 2.48. The monoisotopic (exact) mass is 325 g/mol. The first-order valence-electron chi connectivity index (χ1n) is 8.08. The number of rotatable bonds is 4.